The quantitative estimate of drug-likeness (QED) is 0.822. The van der Waals surface area contributed by atoms with E-state index < -0.39 is 0 Å². The predicted octanol–water partition coefficient (Wildman–Crippen LogP) is 3.80. The molecule has 0 saturated heterocycles. The summed E-state index contributed by atoms with van der Waals surface area (Å²) in [6.45, 7) is 17.8. The van der Waals surface area contributed by atoms with E-state index in [2.05, 4.69) is 69.6 Å². The monoisotopic (exact) mass is 279 g/mol. The predicted molar refractivity (Wildman–Crippen MR) is 87.0 cm³/mol. The number of aromatic nitrogens is 2. The van der Waals surface area contributed by atoms with Gasteiger partial charge >= 0.3 is 0 Å². The highest BCUT2D eigenvalue weighted by Gasteiger charge is 2.24. The third-order valence-corrected chi connectivity index (χ3v) is 4.35. The fraction of sp³-hybridized carbons (Fsp3) is 0.824. The first-order valence-corrected chi connectivity index (χ1v) is 8.04. The maximum Gasteiger partial charge on any atom is 0.0596 e. The molecule has 1 N–H and O–H groups in total. The van der Waals surface area contributed by atoms with Crippen LogP contribution in [0.25, 0.3) is 0 Å². The number of nitrogens with zero attached hydrogens (tertiary/aromatic N) is 2. The molecule has 20 heavy (non-hydrogen) atoms. The molecule has 1 heterocycles. The number of aryl methyl sites for hydroxylation is 2. The number of hydrogen-bond acceptors (Lipinski definition) is 2. The molecule has 116 valence electrons. The van der Waals surface area contributed by atoms with E-state index in [-0.39, 0.29) is 0 Å². The zero-order chi connectivity index (χ0) is 15.3. The number of nitrogens with one attached hydrogen (secondary N) is 1. The molecule has 0 aliphatic rings. The third kappa shape index (κ3) is 4.93. The minimum atomic E-state index is 0.370. The molecule has 3 heteroatoms. The Bertz CT molecular complexity index is 401. The SMILES string of the molecule is CCNC(Cc1cc(C)nn1CC)CC(C)C(C)(C)C. The summed E-state index contributed by atoms with van der Waals surface area (Å²) >= 11 is 0. The van der Waals surface area contributed by atoms with Crippen molar-refractivity contribution in [2.45, 2.75) is 73.9 Å². The second kappa shape index (κ2) is 7.26. The Morgan fingerprint density at radius 3 is 2.45 bits per heavy atom. The summed E-state index contributed by atoms with van der Waals surface area (Å²) in [5.74, 6) is 0.700. The van der Waals surface area contributed by atoms with Crippen LogP contribution in [0, 0.1) is 18.3 Å². The lowest BCUT2D eigenvalue weighted by molar-refractivity contribution is 0.222. The summed E-state index contributed by atoms with van der Waals surface area (Å²) in [7, 11) is 0. The van der Waals surface area contributed by atoms with Gasteiger partial charge in [0.1, 0.15) is 0 Å². The Kier molecular flexibility index (Phi) is 6.25. The van der Waals surface area contributed by atoms with Gasteiger partial charge in [-0.05, 0) is 44.2 Å². The van der Waals surface area contributed by atoms with Gasteiger partial charge in [0, 0.05) is 24.7 Å². The normalized spacial score (nSPS) is 15.3. The highest BCUT2D eigenvalue weighted by Crippen LogP contribution is 2.29. The van der Waals surface area contributed by atoms with E-state index in [0.717, 1.165) is 25.2 Å². The van der Waals surface area contributed by atoms with Crippen LogP contribution in [0.3, 0.4) is 0 Å². The van der Waals surface area contributed by atoms with Crippen molar-refractivity contribution in [1.82, 2.24) is 15.1 Å². The number of likely N-dealkylation sites (N-methyl/N-ethyl adjacent to an activating group) is 1. The maximum absolute atomic E-state index is 4.56. The lowest BCUT2D eigenvalue weighted by Crippen LogP contribution is -2.35. The molecule has 1 rings (SSSR count). The fourth-order valence-electron chi connectivity index (χ4n) is 2.60. The molecule has 0 spiro atoms. The Morgan fingerprint density at radius 1 is 1.30 bits per heavy atom. The lowest BCUT2D eigenvalue weighted by atomic mass is 9.78. The average molecular weight is 279 g/mol. The van der Waals surface area contributed by atoms with Crippen LogP contribution in [-0.2, 0) is 13.0 Å². The van der Waals surface area contributed by atoms with Gasteiger partial charge in [0.05, 0.1) is 5.69 Å². The third-order valence-electron chi connectivity index (χ3n) is 4.35. The van der Waals surface area contributed by atoms with Gasteiger partial charge in [0.2, 0.25) is 0 Å². The molecule has 0 aromatic carbocycles. The fourth-order valence-corrected chi connectivity index (χ4v) is 2.60. The standard InChI is InChI=1S/C17H33N3/c1-8-18-15(10-13(3)17(5,6)7)12-16-11-14(4)19-20(16)9-2/h11,13,15,18H,8-10,12H2,1-7H3. The molecule has 0 saturated carbocycles. The minimum Gasteiger partial charge on any atom is -0.314 e. The highest BCUT2D eigenvalue weighted by molar-refractivity contribution is 5.10. The van der Waals surface area contributed by atoms with Gasteiger partial charge in [-0.15, -0.1) is 0 Å². The Balaban J connectivity index is 2.76. The van der Waals surface area contributed by atoms with Crippen molar-refractivity contribution in [3.8, 4) is 0 Å². The Morgan fingerprint density at radius 2 is 1.95 bits per heavy atom. The Labute approximate surface area is 125 Å². The first kappa shape index (κ1) is 17.2. The van der Waals surface area contributed by atoms with Gasteiger partial charge in [0.15, 0.2) is 0 Å². The van der Waals surface area contributed by atoms with Gasteiger partial charge in [0.25, 0.3) is 0 Å². The van der Waals surface area contributed by atoms with E-state index in [1.807, 2.05) is 0 Å². The summed E-state index contributed by atoms with van der Waals surface area (Å²) in [4.78, 5) is 0. The molecular weight excluding hydrogens is 246 g/mol. The van der Waals surface area contributed by atoms with Crippen LogP contribution in [0.5, 0.6) is 0 Å². The summed E-state index contributed by atoms with van der Waals surface area (Å²) in [6.07, 6.45) is 2.29. The molecule has 0 amide bonds. The van der Waals surface area contributed by atoms with Crippen LogP contribution in [0.4, 0.5) is 0 Å². The molecule has 1 aromatic heterocycles. The summed E-state index contributed by atoms with van der Waals surface area (Å²) in [6, 6.07) is 2.77. The minimum absolute atomic E-state index is 0.370. The van der Waals surface area contributed by atoms with E-state index in [1.54, 1.807) is 0 Å². The van der Waals surface area contributed by atoms with Gasteiger partial charge < -0.3 is 5.32 Å². The van der Waals surface area contributed by atoms with Crippen molar-refractivity contribution in [2.24, 2.45) is 11.3 Å². The second-order valence-electron chi connectivity index (χ2n) is 7.05. The van der Waals surface area contributed by atoms with Gasteiger partial charge in [-0.25, -0.2) is 0 Å². The number of hydrogen-bond donors (Lipinski definition) is 1. The van der Waals surface area contributed by atoms with Crippen molar-refractivity contribution in [1.29, 1.82) is 0 Å². The molecule has 2 atom stereocenters. The average Bonchev–Trinajstić information content (AvgIpc) is 2.68. The summed E-state index contributed by atoms with van der Waals surface area (Å²) in [5, 5.41) is 8.21. The summed E-state index contributed by atoms with van der Waals surface area (Å²) < 4.78 is 2.14. The van der Waals surface area contributed by atoms with Crippen molar-refractivity contribution >= 4 is 0 Å². The largest absolute Gasteiger partial charge is 0.314 e. The first-order chi connectivity index (χ1) is 9.27. The van der Waals surface area contributed by atoms with Crippen LogP contribution >= 0.6 is 0 Å². The molecule has 1 aromatic rings. The molecule has 0 bridgehead atoms. The van der Waals surface area contributed by atoms with E-state index in [0.29, 0.717) is 17.4 Å². The van der Waals surface area contributed by atoms with Crippen molar-refractivity contribution in [3.63, 3.8) is 0 Å². The molecule has 2 unspecified atom stereocenters. The Hall–Kier alpha value is -0.830. The maximum atomic E-state index is 4.56. The highest BCUT2D eigenvalue weighted by atomic mass is 15.3. The summed E-state index contributed by atoms with van der Waals surface area (Å²) in [5.41, 5.74) is 2.85. The van der Waals surface area contributed by atoms with Crippen LogP contribution in [0.1, 0.15) is 59.4 Å². The van der Waals surface area contributed by atoms with Gasteiger partial charge in [-0.2, -0.15) is 5.10 Å². The van der Waals surface area contributed by atoms with Crippen LogP contribution in [0.2, 0.25) is 0 Å². The van der Waals surface area contributed by atoms with Crippen molar-refractivity contribution in [3.05, 3.63) is 17.5 Å². The van der Waals surface area contributed by atoms with Gasteiger partial charge in [-0.3, -0.25) is 4.68 Å². The van der Waals surface area contributed by atoms with Crippen molar-refractivity contribution < 1.29 is 0 Å². The first-order valence-electron chi connectivity index (χ1n) is 8.04. The molecule has 0 aliphatic heterocycles. The van der Waals surface area contributed by atoms with E-state index in [4.69, 9.17) is 0 Å². The molecule has 0 aliphatic carbocycles. The van der Waals surface area contributed by atoms with E-state index in [9.17, 15) is 0 Å². The second-order valence-corrected chi connectivity index (χ2v) is 7.05. The van der Waals surface area contributed by atoms with E-state index >= 15 is 0 Å². The topological polar surface area (TPSA) is 29.9 Å². The van der Waals surface area contributed by atoms with Crippen LogP contribution < -0.4 is 5.32 Å². The molecule has 0 fully saturated rings. The zero-order valence-corrected chi connectivity index (χ0v) is 14.5. The molecule has 3 nitrogen and oxygen atoms in total. The number of rotatable bonds is 7. The van der Waals surface area contributed by atoms with E-state index in [1.165, 1.54) is 12.1 Å². The molecular formula is C17H33N3. The smallest absolute Gasteiger partial charge is 0.0596 e. The van der Waals surface area contributed by atoms with Crippen LogP contribution in [0.15, 0.2) is 6.07 Å². The van der Waals surface area contributed by atoms with Crippen LogP contribution in [-0.4, -0.2) is 22.4 Å². The van der Waals surface area contributed by atoms with Gasteiger partial charge in [-0.1, -0.05) is 34.6 Å². The zero-order valence-electron chi connectivity index (χ0n) is 14.5. The van der Waals surface area contributed by atoms with Crippen molar-refractivity contribution in [2.75, 3.05) is 6.54 Å². The lowest BCUT2D eigenvalue weighted by Gasteiger charge is -2.31. The molecule has 0 radical (unpaired) electrons.